The van der Waals surface area contributed by atoms with E-state index >= 15 is 0 Å². The van der Waals surface area contributed by atoms with Crippen LogP contribution in [0.1, 0.15) is 39.3 Å². The van der Waals surface area contributed by atoms with Gasteiger partial charge in [-0.1, -0.05) is 0 Å². The standard InChI is InChI=1S/C12H16N2O4/c1-11(2,3)18-10(17)14-6-8(13-7-14)12(4-5-12)9(15)16/h6-7H,4-5H2,1-3H3,(H,15,16). The Morgan fingerprint density at radius 3 is 2.50 bits per heavy atom. The molecule has 0 aromatic carbocycles. The van der Waals surface area contributed by atoms with Crippen molar-refractivity contribution in [2.24, 2.45) is 0 Å². The lowest BCUT2D eigenvalue weighted by Gasteiger charge is -2.19. The third-order valence-electron chi connectivity index (χ3n) is 2.84. The summed E-state index contributed by atoms with van der Waals surface area (Å²) in [6, 6.07) is 0. The number of rotatable bonds is 2. The summed E-state index contributed by atoms with van der Waals surface area (Å²) < 4.78 is 6.35. The zero-order valence-corrected chi connectivity index (χ0v) is 10.6. The Morgan fingerprint density at radius 2 is 2.06 bits per heavy atom. The molecule has 1 heterocycles. The van der Waals surface area contributed by atoms with E-state index in [-0.39, 0.29) is 0 Å². The number of carbonyl (C=O) groups excluding carboxylic acids is 1. The molecule has 0 aliphatic heterocycles. The fraction of sp³-hybridized carbons (Fsp3) is 0.583. The summed E-state index contributed by atoms with van der Waals surface area (Å²) >= 11 is 0. The predicted octanol–water partition coefficient (Wildman–Crippen LogP) is 1.78. The summed E-state index contributed by atoms with van der Waals surface area (Å²) in [5.41, 5.74) is -1.07. The van der Waals surface area contributed by atoms with Gasteiger partial charge >= 0.3 is 12.1 Å². The molecule has 0 saturated heterocycles. The second-order valence-corrected chi connectivity index (χ2v) is 5.53. The molecule has 6 heteroatoms. The topological polar surface area (TPSA) is 81.4 Å². The molecule has 0 bridgehead atoms. The van der Waals surface area contributed by atoms with Gasteiger partial charge in [-0.15, -0.1) is 0 Å². The van der Waals surface area contributed by atoms with Crippen LogP contribution in [0, 0.1) is 0 Å². The molecule has 0 unspecified atom stereocenters. The minimum atomic E-state index is -0.896. The van der Waals surface area contributed by atoms with Crippen LogP contribution in [0.25, 0.3) is 0 Å². The molecular weight excluding hydrogens is 236 g/mol. The zero-order valence-electron chi connectivity index (χ0n) is 10.6. The summed E-state index contributed by atoms with van der Waals surface area (Å²) in [5.74, 6) is -0.892. The smallest absolute Gasteiger partial charge is 0.419 e. The molecule has 1 aromatic heterocycles. The zero-order chi connectivity index (χ0) is 13.6. The molecule has 18 heavy (non-hydrogen) atoms. The van der Waals surface area contributed by atoms with Crippen LogP contribution in [0.5, 0.6) is 0 Å². The lowest BCUT2D eigenvalue weighted by atomic mass is 10.0. The Hall–Kier alpha value is -1.85. The SMILES string of the molecule is CC(C)(C)OC(=O)n1cnc(C2(C(=O)O)CC2)c1. The summed E-state index contributed by atoms with van der Waals surface area (Å²) in [7, 11) is 0. The summed E-state index contributed by atoms with van der Waals surface area (Å²) in [6.07, 6.45) is 3.31. The van der Waals surface area contributed by atoms with Gasteiger partial charge in [0.15, 0.2) is 0 Å². The van der Waals surface area contributed by atoms with Crippen LogP contribution < -0.4 is 0 Å². The van der Waals surface area contributed by atoms with E-state index in [0.717, 1.165) is 0 Å². The number of hydrogen-bond donors (Lipinski definition) is 1. The number of ether oxygens (including phenoxy) is 1. The van der Waals surface area contributed by atoms with Crippen LogP contribution >= 0.6 is 0 Å². The average Bonchev–Trinajstić information content (AvgIpc) is 2.87. The fourth-order valence-electron chi connectivity index (χ4n) is 1.69. The Bertz CT molecular complexity index is 494. The quantitative estimate of drug-likeness (QED) is 0.867. The number of aromatic nitrogens is 2. The Kier molecular flexibility index (Phi) is 2.68. The van der Waals surface area contributed by atoms with Crippen molar-refractivity contribution in [1.29, 1.82) is 0 Å². The van der Waals surface area contributed by atoms with Gasteiger partial charge in [-0.05, 0) is 33.6 Å². The first-order valence-corrected chi connectivity index (χ1v) is 5.76. The van der Waals surface area contributed by atoms with Crippen molar-refractivity contribution >= 4 is 12.1 Å². The molecule has 0 atom stereocenters. The van der Waals surface area contributed by atoms with Crippen LogP contribution in [-0.2, 0) is 14.9 Å². The van der Waals surface area contributed by atoms with E-state index in [9.17, 15) is 9.59 Å². The van der Waals surface area contributed by atoms with Crippen molar-refractivity contribution in [2.75, 3.05) is 0 Å². The highest BCUT2D eigenvalue weighted by Gasteiger charge is 2.53. The highest BCUT2D eigenvalue weighted by atomic mass is 16.6. The van der Waals surface area contributed by atoms with Gasteiger partial charge in [0.1, 0.15) is 17.3 Å². The van der Waals surface area contributed by atoms with Crippen molar-refractivity contribution in [2.45, 2.75) is 44.6 Å². The molecule has 6 nitrogen and oxygen atoms in total. The van der Waals surface area contributed by atoms with Crippen molar-refractivity contribution in [3.8, 4) is 0 Å². The lowest BCUT2D eigenvalue weighted by Crippen LogP contribution is -2.26. The molecule has 1 aliphatic rings. The second kappa shape index (κ2) is 3.83. The first-order chi connectivity index (χ1) is 8.24. The van der Waals surface area contributed by atoms with Crippen molar-refractivity contribution in [3.05, 3.63) is 18.2 Å². The van der Waals surface area contributed by atoms with E-state index in [4.69, 9.17) is 9.84 Å². The van der Waals surface area contributed by atoms with Gasteiger partial charge < -0.3 is 9.84 Å². The van der Waals surface area contributed by atoms with Crippen LogP contribution in [0.3, 0.4) is 0 Å². The van der Waals surface area contributed by atoms with Crippen molar-refractivity contribution < 1.29 is 19.4 Å². The predicted molar refractivity (Wildman–Crippen MR) is 62.4 cm³/mol. The number of carboxylic acids is 1. The third-order valence-corrected chi connectivity index (χ3v) is 2.84. The Labute approximate surface area is 105 Å². The minimum Gasteiger partial charge on any atom is -0.481 e. The number of imidazole rings is 1. The highest BCUT2D eigenvalue weighted by Crippen LogP contribution is 2.47. The maximum Gasteiger partial charge on any atom is 0.419 e. The van der Waals surface area contributed by atoms with E-state index in [1.165, 1.54) is 17.1 Å². The molecule has 1 aromatic rings. The number of hydrogen-bond acceptors (Lipinski definition) is 4. The van der Waals surface area contributed by atoms with Crippen molar-refractivity contribution in [1.82, 2.24) is 9.55 Å². The van der Waals surface area contributed by atoms with Gasteiger partial charge in [0.25, 0.3) is 0 Å². The number of carboxylic acid groups (broad SMARTS) is 1. The van der Waals surface area contributed by atoms with E-state index in [1.54, 1.807) is 20.8 Å². The van der Waals surface area contributed by atoms with E-state index < -0.39 is 23.1 Å². The monoisotopic (exact) mass is 252 g/mol. The number of carbonyl (C=O) groups is 2. The van der Waals surface area contributed by atoms with Gasteiger partial charge in [-0.25, -0.2) is 14.3 Å². The Balaban J connectivity index is 2.17. The van der Waals surface area contributed by atoms with Gasteiger partial charge in [0, 0.05) is 6.20 Å². The third kappa shape index (κ3) is 2.23. The highest BCUT2D eigenvalue weighted by molar-refractivity contribution is 5.84. The molecule has 0 spiro atoms. The maximum absolute atomic E-state index is 11.7. The molecule has 2 rings (SSSR count). The maximum atomic E-state index is 11.7. The van der Waals surface area contributed by atoms with Gasteiger partial charge in [0.05, 0.1) is 5.69 Å². The Morgan fingerprint density at radius 1 is 1.44 bits per heavy atom. The average molecular weight is 252 g/mol. The first-order valence-electron chi connectivity index (χ1n) is 5.76. The van der Waals surface area contributed by atoms with Crippen LogP contribution in [0.15, 0.2) is 12.5 Å². The van der Waals surface area contributed by atoms with Gasteiger partial charge in [-0.3, -0.25) is 4.79 Å². The van der Waals surface area contributed by atoms with E-state index in [1.807, 2.05) is 0 Å². The summed E-state index contributed by atoms with van der Waals surface area (Å²) in [6.45, 7) is 5.30. The van der Waals surface area contributed by atoms with Crippen LogP contribution in [0.4, 0.5) is 4.79 Å². The molecule has 1 N–H and O–H groups in total. The summed E-state index contributed by atoms with van der Waals surface area (Å²) in [4.78, 5) is 26.9. The van der Waals surface area contributed by atoms with Crippen LogP contribution in [0.2, 0.25) is 0 Å². The summed E-state index contributed by atoms with van der Waals surface area (Å²) in [5, 5.41) is 9.13. The second-order valence-electron chi connectivity index (χ2n) is 5.53. The molecule has 0 amide bonds. The van der Waals surface area contributed by atoms with Gasteiger partial charge in [-0.2, -0.15) is 0 Å². The number of aliphatic carboxylic acids is 1. The molecule has 0 radical (unpaired) electrons. The molecule has 1 fully saturated rings. The minimum absolute atomic E-state index is 0.417. The molecular formula is C12H16N2O4. The van der Waals surface area contributed by atoms with E-state index in [0.29, 0.717) is 18.5 Å². The normalized spacial score (nSPS) is 17.3. The fourth-order valence-corrected chi connectivity index (χ4v) is 1.69. The molecule has 98 valence electrons. The van der Waals surface area contributed by atoms with Gasteiger partial charge in [0.2, 0.25) is 0 Å². The van der Waals surface area contributed by atoms with E-state index in [2.05, 4.69) is 4.98 Å². The first kappa shape index (κ1) is 12.6. The lowest BCUT2D eigenvalue weighted by molar-refractivity contribution is -0.140. The van der Waals surface area contributed by atoms with Crippen LogP contribution in [-0.4, -0.2) is 32.3 Å². The molecule has 1 saturated carbocycles. The van der Waals surface area contributed by atoms with Crippen molar-refractivity contribution in [3.63, 3.8) is 0 Å². The molecule has 1 aliphatic carbocycles. The largest absolute Gasteiger partial charge is 0.481 e. The number of nitrogens with zero attached hydrogens (tertiary/aromatic N) is 2.